The largest absolute Gasteiger partial charge is 0.497 e. The molecule has 166 valence electrons. The molecular weight excluding hydrogens is 424 g/mol. The molecule has 0 bridgehead atoms. The van der Waals surface area contributed by atoms with Gasteiger partial charge in [0.05, 0.1) is 35.7 Å². The summed E-state index contributed by atoms with van der Waals surface area (Å²) in [5.41, 5.74) is 1.28. The average Bonchev–Trinajstić information content (AvgIpc) is 2.73. The Kier molecular flexibility index (Phi) is 6.40. The molecule has 1 heterocycles. The Hall–Kier alpha value is -3.27. The van der Waals surface area contributed by atoms with Crippen LogP contribution in [0, 0.1) is 6.92 Å². The third kappa shape index (κ3) is 4.74. The zero-order valence-corrected chi connectivity index (χ0v) is 18.5. The molecule has 0 aliphatic carbocycles. The van der Waals surface area contributed by atoms with E-state index >= 15 is 0 Å². The number of carbonyl (C=O) groups is 2. The summed E-state index contributed by atoms with van der Waals surface area (Å²) in [6.45, 7) is 2.92. The molecule has 31 heavy (non-hydrogen) atoms. The fraction of sp³-hybridized carbons (Fsp3) is 0.333. The molecule has 3 rings (SSSR count). The lowest BCUT2D eigenvalue weighted by atomic mass is 10.2. The van der Waals surface area contributed by atoms with Gasteiger partial charge in [0, 0.05) is 18.6 Å². The van der Waals surface area contributed by atoms with Crippen molar-refractivity contribution in [3.8, 4) is 17.2 Å². The third-order valence-corrected chi connectivity index (χ3v) is 7.18. The number of hydrogen-bond acceptors (Lipinski definition) is 7. The molecule has 0 saturated carbocycles. The van der Waals surface area contributed by atoms with E-state index in [4.69, 9.17) is 14.2 Å². The first kappa shape index (κ1) is 22.4. The fourth-order valence-electron chi connectivity index (χ4n) is 3.21. The predicted molar refractivity (Wildman–Crippen MR) is 115 cm³/mol. The van der Waals surface area contributed by atoms with E-state index < -0.39 is 21.0 Å². The van der Waals surface area contributed by atoms with E-state index in [1.54, 1.807) is 31.2 Å². The summed E-state index contributed by atoms with van der Waals surface area (Å²) in [5, 5.41) is 4.33. The van der Waals surface area contributed by atoms with Crippen LogP contribution >= 0.6 is 0 Å². The second-order valence-corrected chi connectivity index (χ2v) is 9.46. The maximum Gasteiger partial charge on any atom is 0.262 e. The number of benzene rings is 2. The van der Waals surface area contributed by atoms with Gasteiger partial charge in [-0.3, -0.25) is 9.59 Å². The maximum atomic E-state index is 13.1. The Labute approximate surface area is 180 Å². The highest BCUT2D eigenvalue weighted by atomic mass is 32.2. The molecule has 1 atom stereocenters. The summed E-state index contributed by atoms with van der Waals surface area (Å²) in [6, 6.07) is 7.83. The molecular formula is C21H24N2O7S. The minimum atomic E-state index is -3.84. The number of carbonyl (C=O) groups excluding carboxylic acids is 2. The van der Waals surface area contributed by atoms with Crippen LogP contribution in [0.15, 0.2) is 35.2 Å². The van der Waals surface area contributed by atoms with Gasteiger partial charge in [0.1, 0.15) is 17.2 Å². The molecule has 2 aromatic rings. The first-order valence-corrected chi connectivity index (χ1v) is 11.0. The highest BCUT2D eigenvalue weighted by Gasteiger charge is 2.30. The number of hydrogen-bond donors (Lipinski definition) is 2. The van der Waals surface area contributed by atoms with Crippen LogP contribution in [0.1, 0.15) is 18.9 Å². The topological polar surface area (TPSA) is 120 Å². The number of anilines is 2. The van der Waals surface area contributed by atoms with Crippen molar-refractivity contribution in [2.45, 2.75) is 30.4 Å². The summed E-state index contributed by atoms with van der Waals surface area (Å²) in [6.07, 6.45) is -0.258. The Balaban J connectivity index is 1.77. The second-order valence-electron chi connectivity index (χ2n) is 7.12. The van der Waals surface area contributed by atoms with E-state index in [1.807, 2.05) is 0 Å². The Morgan fingerprint density at radius 2 is 1.97 bits per heavy atom. The van der Waals surface area contributed by atoms with Gasteiger partial charge in [0.25, 0.3) is 5.91 Å². The number of fused-ring (bicyclic) bond motifs is 1. The molecule has 0 spiro atoms. The molecule has 0 fully saturated rings. The molecule has 1 unspecified atom stereocenters. The SMILES string of the molecule is COc1ccc(NC(=O)CC(C)S(=O)(=O)c2cc3c(cc2C)NC(=O)CO3)c(OC)c1. The maximum absolute atomic E-state index is 13.1. The number of ether oxygens (including phenoxy) is 3. The summed E-state index contributed by atoms with van der Waals surface area (Å²) >= 11 is 0. The van der Waals surface area contributed by atoms with Crippen molar-refractivity contribution in [1.82, 2.24) is 0 Å². The van der Waals surface area contributed by atoms with Gasteiger partial charge >= 0.3 is 0 Å². The monoisotopic (exact) mass is 448 g/mol. The van der Waals surface area contributed by atoms with Gasteiger partial charge in [-0.05, 0) is 37.6 Å². The second kappa shape index (κ2) is 8.84. The van der Waals surface area contributed by atoms with Crippen molar-refractivity contribution >= 4 is 33.0 Å². The molecule has 0 aromatic heterocycles. The van der Waals surface area contributed by atoms with Crippen LogP contribution in [-0.2, 0) is 19.4 Å². The van der Waals surface area contributed by atoms with Crippen molar-refractivity contribution in [1.29, 1.82) is 0 Å². The third-order valence-electron chi connectivity index (χ3n) is 4.90. The smallest absolute Gasteiger partial charge is 0.262 e. The van der Waals surface area contributed by atoms with Crippen LogP contribution in [0.5, 0.6) is 17.2 Å². The standard InChI is InChI=1S/C21H24N2O7S/c1-12-7-16-18(30-11-21(25)23-16)10-19(12)31(26,27)13(2)8-20(24)22-15-6-5-14(28-3)9-17(15)29-4/h5-7,9-10,13H,8,11H2,1-4H3,(H,22,24)(H,23,25). The molecule has 9 nitrogen and oxygen atoms in total. The van der Waals surface area contributed by atoms with E-state index in [1.165, 1.54) is 27.2 Å². The van der Waals surface area contributed by atoms with Crippen molar-refractivity contribution < 1.29 is 32.2 Å². The Bertz CT molecular complexity index is 1130. The lowest BCUT2D eigenvalue weighted by Gasteiger charge is -2.21. The van der Waals surface area contributed by atoms with Gasteiger partial charge < -0.3 is 24.8 Å². The van der Waals surface area contributed by atoms with Gasteiger partial charge in [0.15, 0.2) is 16.4 Å². The fourth-order valence-corrected chi connectivity index (χ4v) is 4.80. The number of methoxy groups -OCH3 is 2. The van der Waals surface area contributed by atoms with E-state index in [0.29, 0.717) is 28.4 Å². The summed E-state index contributed by atoms with van der Waals surface area (Å²) in [7, 11) is -0.861. The molecule has 1 aliphatic rings. The van der Waals surface area contributed by atoms with E-state index in [9.17, 15) is 18.0 Å². The lowest BCUT2D eigenvalue weighted by molar-refractivity contribution is -0.118. The first-order valence-electron chi connectivity index (χ1n) is 9.48. The van der Waals surface area contributed by atoms with Crippen LogP contribution in [0.3, 0.4) is 0 Å². The Morgan fingerprint density at radius 1 is 1.23 bits per heavy atom. The van der Waals surface area contributed by atoms with E-state index in [2.05, 4.69) is 10.6 Å². The van der Waals surface area contributed by atoms with E-state index in [-0.39, 0.29) is 29.6 Å². The van der Waals surface area contributed by atoms with Crippen molar-refractivity contribution in [3.05, 3.63) is 35.9 Å². The minimum absolute atomic E-state index is 0.0599. The van der Waals surface area contributed by atoms with E-state index in [0.717, 1.165) is 0 Å². The van der Waals surface area contributed by atoms with Gasteiger partial charge in [-0.15, -0.1) is 0 Å². The molecule has 2 N–H and O–H groups in total. The Morgan fingerprint density at radius 3 is 2.65 bits per heavy atom. The number of rotatable bonds is 7. The average molecular weight is 448 g/mol. The first-order chi connectivity index (χ1) is 14.6. The van der Waals surface area contributed by atoms with Gasteiger partial charge in [-0.25, -0.2) is 8.42 Å². The highest BCUT2D eigenvalue weighted by Crippen LogP contribution is 2.35. The van der Waals surface area contributed by atoms with Crippen molar-refractivity contribution in [2.24, 2.45) is 0 Å². The number of sulfone groups is 1. The zero-order chi connectivity index (χ0) is 22.8. The number of amides is 2. The molecule has 0 saturated heterocycles. The normalized spacial score (nSPS) is 14.0. The van der Waals surface area contributed by atoms with Gasteiger partial charge in [-0.1, -0.05) is 0 Å². The van der Waals surface area contributed by atoms with Crippen LogP contribution < -0.4 is 24.8 Å². The molecule has 2 amide bonds. The summed E-state index contributed by atoms with van der Waals surface area (Å²) in [4.78, 5) is 24.1. The molecule has 10 heteroatoms. The minimum Gasteiger partial charge on any atom is -0.497 e. The van der Waals surface area contributed by atoms with Crippen molar-refractivity contribution in [2.75, 3.05) is 31.5 Å². The van der Waals surface area contributed by atoms with Crippen molar-refractivity contribution in [3.63, 3.8) is 0 Å². The van der Waals surface area contributed by atoms with Crippen LogP contribution in [0.2, 0.25) is 0 Å². The van der Waals surface area contributed by atoms with Gasteiger partial charge in [0.2, 0.25) is 5.91 Å². The number of aryl methyl sites for hydroxylation is 1. The predicted octanol–water partition coefficient (Wildman–Crippen LogP) is 2.53. The highest BCUT2D eigenvalue weighted by molar-refractivity contribution is 7.92. The van der Waals surface area contributed by atoms with Crippen LogP contribution in [0.4, 0.5) is 11.4 Å². The molecule has 0 radical (unpaired) electrons. The van der Waals surface area contributed by atoms with Crippen LogP contribution in [-0.4, -0.2) is 46.3 Å². The summed E-state index contributed by atoms with van der Waals surface area (Å²) in [5.74, 6) is 0.462. The van der Waals surface area contributed by atoms with Crippen LogP contribution in [0.25, 0.3) is 0 Å². The molecule has 2 aromatic carbocycles. The number of nitrogens with one attached hydrogen (secondary N) is 2. The van der Waals surface area contributed by atoms with Gasteiger partial charge in [-0.2, -0.15) is 0 Å². The quantitative estimate of drug-likeness (QED) is 0.668. The summed E-state index contributed by atoms with van der Waals surface area (Å²) < 4.78 is 42.0. The molecule has 1 aliphatic heterocycles. The lowest BCUT2D eigenvalue weighted by Crippen LogP contribution is -2.27. The zero-order valence-electron chi connectivity index (χ0n) is 17.6.